The monoisotopic (exact) mass is 392 g/mol. The molecule has 9 heteroatoms. The zero-order valence-corrected chi connectivity index (χ0v) is 15.8. The van der Waals surface area contributed by atoms with Crippen LogP contribution in [-0.4, -0.2) is 24.7 Å². The highest BCUT2D eigenvalue weighted by Crippen LogP contribution is 2.62. The fraction of sp³-hybridized carbons (Fsp3) is 0.333. The number of benzene rings is 2. The molecule has 0 amide bonds. The summed E-state index contributed by atoms with van der Waals surface area (Å²) in [6, 6.07) is 13.1. The smallest absolute Gasteiger partial charge is 0.357 e. The molecule has 8 nitrogen and oxygen atoms in total. The fourth-order valence-corrected chi connectivity index (χ4v) is 4.71. The van der Waals surface area contributed by atoms with Gasteiger partial charge in [-0.25, -0.2) is 0 Å². The Morgan fingerprint density at radius 1 is 1.15 bits per heavy atom. The van der Waals surface area contributed by atoms with Crippen LogP contribution in [0.5, 0.6) is 5.75 Å². The molecule has 3 rings (SSSR count). The van der Waals surface area contributed by atoms with Crippen LogP contribution < -0.4 is 10.1 Å². The van der Waals surface area contributed by atoms with Crippen molar-refractivity contribution in [2.45, 2.75) is 19.1 Å². The van der Waals surface area contributed by atoms with Crippen LogP contribution in [-0.2, 0) is 13.6 Å². The van der Waals surface area contributed by atoms with Gasteiger partial charge in [0, 0.05) is 17.8 Å². The lowest BCUT2D eigenvalue weighted by atomic mass is 10.2. The number of hydrogen-bond acceptors (Lipinski definition) is 7. The molecule has 2 aromatic rings. The molecule has 2 aromatic carbocycles. The van der Waals surface area contributed by atoms with Crippen LogP contribution >= 0.6 is 7.60 Å². The Kier molecular flexibility index (Phi) is 6.11. The molecule has 0 saturated carbocycles. The second-order valence-electron chi connectivity index (χ2n) is 5.91. The third-order valence-electron chi connectivity index (χ3n) is 4.04. The van der Waals surface area contributed by atoms with E-state index in [4.69, 9.17) is 13.8 Å². The number of nitrogens with one attached hydrogen (secondary N) is 1. The van der Waals surface area contributed by atoms with E-state index in [0.717, 1.165) is 0 Å². The lowest BCUT2D eigenvalue weighted by Crippen LogP contribution is -2.19. The maximum atomic E-state index is 13.3. The number of ether oxygens (including phenoxy) is 1. The Morgan fingerprint density at radius 3 is 2.33 bits per heavy atom. The maximum absolute atomic E-state index is 13.3. The molecule has 0 aliphatic carbocycles. The van der Waals surface area contributed by atoms with Crippen molar-refractivity contribution < 1.29 is 23.3 Å². The first-order chi connectivity index (χ1) is 13.0. The first-order valence-electron chi connectivity index (χ1n) is 8.64. The van der Waals surface area contributed by atoms with Gasteiger partial charge in [0.2, 0.25) is 0 Å². The average Bonchev–Trinajstić information content (AvgIpc) is 2.68. The summed E-state index contributed by atoms with van der Waals surface area (Å²) in [6.45, 7) is 3.16. The highest BCUT2D eigenvalue weighted by molar-refractivity contribution is 7.54. The van der Waals surface area contributed by atoms with Gasteiger partial charge < -0.3 is 19.1 Å². The SMILES string of the molecule is CCOc1ccc([C@H](Nc2ccc([N+](=O)[O-])cc2)P2(=O)OCCCO2)cc1. The minimum Gasteiger partial charge on any atom is -0.494 e. The van der Waals surface area contributed by atoms with Crippen LogP contribution in [0.25, 0.3) is 0 Å². The van der Waals surface area contributed by atoms with Gasteiger partial charge >= 0.3 is 7.60 Å². The van der Waals surface area contributed by atoms with Gasteiger partial charge in [0.15, 0.2) is 5.78 Å². The van der Waals surface area contributed by atoms with Crippen molar-refractivity contribution >= 4 is 19.0 Å². The van der Waals surface area contributed by atoms with E-state index in [2.05, 4.69) is 5.32 Å². The molecule has 0 aromatic heterocycles. The summed E-state index contributed by atoms with van der Waals surface area (Å²) in [5, 5.41) is 14.0. The molecule has 1 saturated heterocycles. The lowest BCUT2D eigenvalue weighted by Gasteiger charge is -2.31. The van der Waals surface area contributed by atoms with Crippen molar-refractivity contribution in [1.29, 1.82) is 0 Å². The quantitative estimate of drug-likeness (QED) is 0.413. The Hall–Kier alpha value is -2.41. The first-order valence-corrected chi connectivity index (χ1v) is 10.3. The van der Waals surface area contributed by atoms with Crippen molar-refractivity contribution in [3.8, 4) is 5.75 Å². The van der Waals surface area contributed by atoms with Crippen LogP contribution in [0.2, 0.25) is 0 Å². The van der Waals surface area contributed by atoms with E-state index < -0.39 is 18.3 Å². The minimum atomic E-state index is -3.46. The Bertz CT molecular complexity index is 815. The van der Waals surface area contributed by atoms with E-state index in [1.54, 1.807) is 36.4 Å². The van der Waals surface area contributed by atoms with E-state index >= 15 is 0 Å². The first kappa shape index (κ1) is 19.4. The summed E-state index contributed by atoms with van der Waals surface area (Å²) < 4.78 is 29.8. The number of non-ortho nitro benzene ring substituents is 1. The third kappa shape index (κ3) is 4.66. The molecular weight excluding hydrogens is 371 g/mol. The zero-order valence-electron chi connectivity index (χ0n) is 14.9. The minimum absolute atomic E-state index is 0.0185. The standard InChI is InChI=1S/C18H21N2O6P/c1-2-24-17-10-4-14(5-11-17)18(27(23)25-12-3-13-26-27)19-15-6-8-16(9-7-15)20(21)22/h4-11,18-19H,2-3,12-13H2,1H3/t18-/m1/s1. The Labute approximate surface area is 157 Å². The van der Waals surface area contributed by atoms with Crippen LogP contribution in [0.4, 0.5) is 11.4 Å². The van der Waals surface area contributed by atoms with Crippen molar-refractivity contribution in [3.05, 3.63) is 64.2 Å². The molecule has 0 spiro atoms. The van der Waals surface area contributed by atoms with Gasteiger partial charge in [-0.2, -0.15) is 0 Å². The van der Waals surface area contributed by atoms with Crippen LogP contribution in [0.1, 0.15) is 24.7 Å². The second kappa shape index (κ2) is 8.52. The fourth-order valence-electron chi connectivity index (χ4n) is 2.72. The molecule has 144 valence electrons. The van der Waals surface area contributed by atoms with Crippen molar-refractivity contribution in [3.63, 3.8) is 0 Å². The number of rotatable bonds is 7. The molecular formula is C18H21N2O6P. The number of nitro benzene ring substituents is 1. The summed E-state index contributed by atoms with van der Waals surface area (Å²) in [4.78, 5) is 10.4. The predicted molar refractivity (Wildman–Crippen MR) is 101 cm³/mol. The highest BCUT2D eigenvalue weighted by atomic mass is 31.2. The van der Waals surface area contributed by atoms with Gasteiger partial charge in [0.1, 0.15) is 5.75 Å². The van der Waals surface area contributed by atoms with Gasteiger partial charge in [-0.3, -0.25) is 14.7 Å². The van der Waals surface area contributed by atoms with Gasteiger partial charge in [-0.1, -0.05) is 12.1 Å². The zero-order chi connectivity index (χ0) is 19.3. The Morgan fingerprint density at radius 2 is 1.78 bits per heavy atom. The third-order valence-corrected chi connectivity index (χ3v) is 6.18. The van der Waals surface area contributed by atoms with Gasteiger partial charge in [-0.05, 0) is 43.2 Å². The predicted octanol–water partition coefficient (Wildman–Crippen LogP) is 4.73. The second-order valence-corrected chi connectivity index (χ2v) is 8.03. The average molecular weight is 392 g/mol. The summed E-state index contributed by atoms with van der Waals surface area (Å²) in [6.07, 6.45) is 0.678. The maximum Gasteiger partial charge on any atom is 0.357 e. The van der Waals surface area contributed by atoms with E-state index in [0.29, 0.717) is 43.2 Å². The van der Waals surface area contributed by atoms with Crippen LogP contribution in [0.15, 0.2) is 48.5 Å². The Balaban J connectivity index is 1.89. The lowest BCUT2D eigenvalue weighted by molar-refractivity contribution is -0.384. The molecule has 1 atom stereocenters. The summed E-state index contributed by atoms with van der Waals surface area (Å²) in [7, 11) is -3.46. The topological polar surface area (TPSA) is 99.9 Å². The van der Waals surface area contributed by atoms with Gasteiger partial charge in [-0.15, -0.1) is 0 Å². The van der Waals surface area contributed by atoms with Gasteiger partial charge in [0.25, 0.3) is 5.69 Å². The van der Waals surface area contributed by atoms with Crippen molar-refractivity contribution in [2.75, 3.05) is 25.1 Å². The molecule has 27 heavy (non-hydrogen) atoms. The molecule has 1 aliphatic rings. The highest BCUT2D eigenvalue weighted by Gasteiger charge is 2.39. The summed E-state index contributed by atoms with van der Waals surface area (Å²) in [5.41, 5.74) is 1.27. The van der Waals surface area contributed by atoms with E-state index in [-0.39, 0.29) is 5.69 Å². The molecule has 1 heterocycles. The number of nitrogens with zero attached hydrogens (tertiary/aromatic N) is 1. The molecule has 1 N–H and O–H groups in total. The van der Waals surface area contributed by atoms with Crippen molar-refractivity contribution in [1.82, 2.24) is 0 Å². The van der Waals surface area contributed by atoms with Crippen molar-refractivity contribution in [2.24, 2.45) is 0 Å². The molecule has 1 aliphatic heterocycles. The van der Waals surface area contributed by atoms with Crippen LogP contribution in [0.3, 0.4) is 0 Å². The van der Waals surface area contributed by atoms with E-state index in [9.17, 15) is 14.7 Å². The van der Waals surface area contributed by atoms with Gasteiger partial charge in [0.05, 0.1) is 24.7 Å². The number of anilines is 1. The summed E-state index contributed by atoms with van der Waals surface area (Å²) >= 11 is 0. The largest absolute Gasteiger partial charge is 0.494 e. The molecule has 0 radical (unpaired) electrons. The summed E-state index contributed by atoms with van der Waals surface area (Å²) in [5.74, 6) is -0.0333. The molecule has 0 unspecified atom stereocenters. The van der Waals surface area contributed by atoms with E-state index in [1.165, 1.54) is 12.1 Å². The number of nitro groups is 1. The normalized spacial score (nSPS) is 17.1. The number of hydrogen-bond donors (Lipinski definition) is 1. The van der Waals surface area contributed by atoms with E-state index in [1.807, 2.05) is 6.92 Å². The molecule has 0 bridgehead atoms. The van der Waals surface area contributed by atoms with Crippen LogP contribution in [0, 0.1) is 10.1 Å². The molecule has 1 fully saturated rings.